The Morgan fingerprint density at radius 1 is 1.37 bits per heavy atom. The molecule has 104 valence electrons. The van der Waals surface area contributed by atoms with Crippen molar-refractivity contribution in [3.63, 3.8) is 0 Å². The van der Waals surface area contributed by atoms with Gasteiger partial charge in [0.25, 0.3) is 0 Å². The lowest BCUT2D eigenvalue weighted by atomic mass is 9.91. The third kappa shape index (κ3) is 2.82. The Morgan fingerprint density at radius 3 is 2.89 bits per heavy atom. The SMILES string of the molecule is CNC(Cc1cc(Br)cc2c1OCC2)C1CCCC1. The number of ether oxygens (including phenoxy) is 1. The summed E-state index contributed by atoms with van der Waals surface area (Å²) in [5.74, 6) is 1.99. The molecule has 0 radical (unpaired) electrons. The predicted molar refractivity (Wildman–Crippen MR) is 81.9 cm³/mol. The molecule has 1 saturated carbocycles. The van der Waals surface area contributed by atoms with E-state index in [0.29, 0.717) is 6.04 Å². The highest BCUT2D eigenvalue weighted by Crippen LogP contribution is 2.36. The third-order valence-electron chi connectivity index (χ3n) is 4.60. The molecule has 1 aromatic rings. The molecule has 2 nitrogen and oxygen atoms in total. The standard InChI is InChI=1S/C16H22BrNO/c1-18-15(11-4-2-3-5-11)10-13-9-14(17)8-12-6-7-19-16(12)13/h8-9,11,15,18H,2-7,10H2,1H3. The Hall–Kier alpha value is -0.540. The fraction of sp³-hybridized carbons (Fsp3) is 0.625. The molecule has 1 heterocycles. The van der Waals surface area contributed by atoms with Crippen LogP contribution in [0.15, 0.2) is 16.6 Å². The van der Waals surface area contributed by atoms with Gasteiger partial charge in [-0.25, -0.2) is 0 Å². The lowest BCUT2D eigenvalue weighted by Crippen LogP contribution is -2.34. The summed E-state index contributed by atoms with van der Waals surface area (Å²) in [7, 11) is 2.10. The molecule has 0 bridgehead atoms. The van der Waals surface area contributed by atoms with E-state index in [1.807, 2.05) is 0 Å². The molecule has 0 saturated heterocycles. The van der Waals surface area contributed by atoms with E-state index < -0.39 is 0 Å². The molecule has 0 amide bonds. The molecule has 19 heavy (non-hydrogen) atoms. The van der Waals surface area contributed by atoms with Crippen LogP contribution in [0.25, 0.3) is 0 Å². The third-order valence-corrected chi connectivity index (χ3v) is 5.06. The second-order valence-electron chi connectivity index (χ2n) is 5.80. The Balaban J connectivity index is 1.81. The van der Waals surface area contributed by atoms with Crippen molar-refractivity contribution in [1.82, 2.24) is 5.32 Å². The molecule has 3 heteroatoms. The molecule has 1 N–H and O–H groups in total. The molecule has 1 atom stereocenters. The molecule has 1 fully saturated rings. The Morgan fingerprint density at radius 2 is 2.16 bits per heavy atom. The summed E-state index contributed by atoms with van der Waals surface area (Å²) in [6.07, 6.45) is 7.69. The molecule has 0 spiro atoms. The van der Waals surface area contributed by atoms with Crippen LogP contribution in [-0.4, -0.2) is 19.7 Å². The number of hydrogen-bond donors (Lipinski definition) is 1. The van der Waals surface area contributed by atoms with Crippen LogP contribution in [0.1, 0.15) is 36.8 Å². The monoisotopic (exact) mass is 323 g/mol. The topological polar surface area (TPSA) is 21.3 Å². The van der Waals surface area contributed by atoms with Crippen LogP contribution in [0.5, 0.6) is 5.75 Å². The van der Waals surface area contributed by atoms with E-state index in [9.17, 15) is 0 Å². The average molecular weight is 324 g/mol. The summed E-state index contributed by atoms with van der Waals surface area (Å²) < 4.78 is 7.03. The number of hydrogen-bond acceptors (Lipinski definition) is 2. The van der Waals surface area contributed by atoms with E-state index in [0.717, 1.165) is 31.1 Å². The molecular formula is C16H22BrNO. The minimum absolute atomic E-state index is 0.588. The summed E-state index contributed by atoms with van der Waals surface area (Å²) >= 11 is 3.64. The fourth-order valence-corrected chi connectivity index (χ4v) is 4.15. The largest absolute Gasteiger partial charge is 0.493 e. The number of rotatable bonds is 4. The van der Waals surface area contributed by atoms with Crippen LogP contribution in [0.4, 0.5) is 0 Å². The quantitative estimate of drug-likeness (QED) is 0.912. The zero-order valence-electron chi connectivity index (χ0n) is 11.5. The predicted octanol–water partition coefficient (Wildman–Crippen LogP) is 3.70. The van der Waals surface area contributed by atoms with Crippen LogP contribution < -0.4 is 10.1 Å². The molecule has 1 aromatic carbocycles. The van der Waals surface area contributed by atoms with Gasteiger partial charge in [0.05, 0.1) is 6.61 Å². The fourth-order valence-electron chi connectivity index (χ4n) is 3.60. The maximum Gasteiger partial charge on any atom is 0.125 e. The van der Waals surface area contributed by atoms with Crippen LogP contribution in [-0.2, 0) is 12.8 Å². The molecule has 2 aliphatic rings. The van der Waals surface area contributed by atoms with Crippen LogP contribution in [0.3, 0.4) is 0 Å². The van der Waals surface area contributed by atoms with Gasteiger partial charge in [-0.15, -0.1) is 0 Å². The van der Waals surface area contributed by atoms with Gasteiger partial charge in [-0.3, -0.25) is 0 Å². The molecular weight excluding hydrogens is 302 g/mol. The van der Waals surface area contributed by atoms with Gasteiger partial charge < -0.3 is 10.1 Å². The first-order valence-electron chi connectivity index (χ1n) is 7.39. The first kappa shape index (κ1) is 13.4. The number of likely N-dealkylation sites (N-methyl/N-ethyl adjacent to an activating group) is 1. The summed E-state index contributed by atoms with van der Waals surface area (Å²) in [5, 5.41) is 3.53. The number of halogens is 1. The molecule has 1 unspecified atom stereocenters. The number of benzene rings is 1. The maximum atomic E-state index is 5.84. The van der Waals surface area contributed by atoms with Gasteiger partial charge in [0, 0.05) is 16.9 Å². The van der Waals surface area contributed by atoms with Crippen LogP contribution in [0.2, 0.25) is 0 Å². The highest BCUT2D eigenvalue weighted by Gasteiger charge is 2.26. The Bertz CT molecular complexity index is 454. The maximum absolute atomic E-state index is 5.84. The summed E-state index contributed by atoms with van der Waals surface area (Å²) in [4.78, 5) is 0. The van der Waals surface area contributed by atoms with E-state index in [-0.39, 0.29) is 0 Å². The van der Waals surface area contributed by atoms with E-state index in [2.05, 4.69) is 40.4 Å². The van der Waals surface area contributed by atoms with E-state index in [1.165, 1.54) is 41.3 Å². The first-order valence-corrected chi connectivity index (χ1v) is 8.18. The second kappa shape index (κ2) is 5.84. The summed E-state index contributed by atoms with van der Waals surface area (Å²) in [6.45, 7) is 0.840. The van der Waals surface area contributed by atoms with Gasteiger partial charge in [-0.2, -0.15) is 0 Å². The summed E-state index contributed by atoms with van der Waals surface area (Å²) in [5.41, 5.74) is 2.73. The van der Waals surface area contributed by atoms with Crippen molar-refractivity contribution in [2.24, 2.45) is 5.92 Å². The second-order valence-corrected chi connectivity index (χ2v) is 6.71. The van der Waals surface area contributed by atoms with Gasteiger partial charge in [-0.1, -0.05) is 28.8 Å². The van der Waals surface area contributed by atoms with Gasteiger partial charge in [0.15, 0.2) is 0 Å². The van der Waals surface area contributed by atoms with Crippen molar-refractivity contribution in [3.05, 3.63) is 27.7 Å². The minimum Gasteiger partial charge on any atom is -0.493 e. The Kier molecular flexibility index (Phi) is 4.13. The van der Waals surface area contributed by atoms with Crippen LogP contribution >= 0.6 is 15.9 Å². The van der Waals surface area contributed by atoms with Gasteiger partial charge in [0.1, 0.15) is 5.75 Å². The molecule has 1 aliphatic carbocycles. The van der Waals surface area contributed by atoms with Crippen molar-refractivity contribution in [2.45, 2.75) is 44.6 Å². The first-order chi connectivity index (χ1) is 9.28. The molecule has 0 aromatic heterocycles. The lowest BCUT2D eigenvalue weighted by molar-refractivity contribution is 0.342. The normalized spacial score (nSPS) is 20.3. The van der Waals surface area contributed by atoms with Crippen molar-refractivity contribution in [2.75, 3.05) is 13.7 Å². The Labute approximate surface area is 124 Å². The van der Waals surface area contributed by atoms with Crippen molar-refractivity contribution in [1.29, 1.82) is 0 Å². The van der Waals surface area contributed by atoms with Crippen LogP contribution in [0, 0.1) is 5.92 Å². The minimum atomic E-state index is 0.588. The lowest BCUT2D eigenvalue weighted by Gasteiger charge is -2.24. The highest BCUT2D eigenvalue weighted by molar-refractivity contribution is 9.10. The smallest absolute Gasteiger partial charge is 0.125 e. The summed E-state index contributed by atoms with van der Waals surface area (Å²) in [6, 6.07) is 5.03. The van der Waals surface area contributed by atoms with E-state index in [1.54, 1.807) is 0 Å². The average Bonchev–Trinajstić information content (AvgIpc) is 3.05. The van der Waals surface area contributed by atoms with Crippen molar-refractivity contribution in [3.8, 4) is 5.75 Å². The van der Waals surface area contributed by atoms with Crippen molar-refractivity contribution < 1.29 is 4.74 Å². The van der Waals surface area contributed by atoms with Gasteiger partial charge >= 0.3 is 0 Å². The van der Waals surface area contributed by atoms with E-state index >= 15 is 0 Å². The van der Waals surface area contributed by atoms with Crippen molar-refractivity contribution >= 4 is 15.9 Å². The van der Waals surface area contributed by atoms with Gasteiger partial charge in [-0.05, 0) is 55.5 Å². The highest BCUT2D eigenvalue weighted by atomic mass is 79.9. The van der Waals surface area contributed by atoms with E-state index in [4.69, 9.17) is 4.74 Å². The van der Waals surface area contributed by atoms with Gasteiger partial charge in [0.2, 0.25) is 0 Å². The molecule has 3 rings (SSSR count). The molecule has 1 aliphatic heterocycles. The zero-order valence-corrected chi connectivity index (χ0v) is 13.1. The zero-order chi connectivity index (χ0) is 13.2. The number of nitrogens with one attached hydrogen (secondary N) is 1. The number of fused-ring (bicyclic) bond motifs is 1.